The first-order valence-electron chi connectivity index (χ1n) is 7.97. The Morgan fingerprint density at radius 1 is 1.00 bits per heavy atom. The number of anilines is 3. The van der Waals surface area contributed by atoms with Crippen LogP contribution in [0.5, 0.6) is 0 Å². The van der Waals surface area contributed by atoms with Gasteiger partial charge in [-0.05, 0) is 50.5 Å². The van der Waals surface area contributed by atoms with Gasteiger partial charge in [-0.1, -0.05) is 0 Å². The lowest BCUT2D eigenvalue weighted by Crippen LogP contribution is -2.30. The van der Waals surface area contributed by atoms with Crippen molar-refractivity contribution >= 4 is 17.5 Å². The summed E-state index contributed by atoms with van der Waals surface area (Å²) in [5, 5.41) is 2.99. The van der Waals surface area contributed by atoms with E-state index < -0.39 is 11.7 Å². The number of halogens is 3. The molecule has 1 aliphatic rings. The Balaban J connectivity index is 1.78. The molecular formula is C17H19F3N4. The first-order chi connectivity index (χ1) is 11.4. The molecule has 2 heterocycles. The maximum Gasteiger partial charge on any atom is 0.416 e. The van der Waals surface area contributed by atoms with Crippen molar-refractivity contribution in [2.45, 2.75) is 32.4 Å². The van der Waals surface area contributed by atoms with Gasteiger partial charge in [-0.15, -0.1) is 0 Å². The zero-order chi connectivity index (χ0) is 17.2. The molecule has 1 aromatic heterocycles. The lowest BCUT2D eigenvalue weighted by atomic mass is 10.1. The number of hydrogen-bond acceptors (Lipinski definition) is 4. The number of nitrogens with zero attached hydrogens (tertiary/aromatic N) is 3. The monoisotopic (exact) mass is 336 g/mol. The molecule has 2 aromatic rings. The molecule has 0 bridgehead atoms. The summed E-state index contributed by atoms with van der Waals surface area (Å²) in [6.07, 6.45) is -0.813. The molecule has 1 N–H and O–H groups in total. The summed E-state index contributed by atoms with van der Waals surface area (Å²) in [6, 6.07) is 6.79. The molecule has 4 nitrogen and oxygen atoms in total. The molecule has 3 rings (SSSR count). The van der Waals surface area contributed by atoms with Gasteiger partial charge < -0.3 is 10.2 Å². The molecule has 0 unspecified atom stereocenters. The van der Waals surface area contributed by atoms with E-state index >= 15 is 0 Å². The number of piperidine rings is 1. The van der Waals surface area contributed by atoms with E-state index in [2.05, 4.69) is 20.2 Å². The van der Waals surface area contributed by atoms with Crippen molar-refractivity contribution in [1.29, 1.82) is 0 Å². The lowest BCUT2D eigenvalue weighted by molar-refractivity contribution is -0.137. The van der Waals surface area contributed by atoms with Crippen LogP contribution in [0, 0.1) is 6.92 Å². The number of alkyl halides is 3. The second-order valence-electron chi connectivity index (χ2n) is 5.94. The van der Waals surface area contributed by atoms with Crippen molar-refractivity contribution in [1.82, 2.24) is 9.97 Å². The summed E-state index contributed by atoms with van der Waals surface area (Å²) in [6.45, 7) is 3.82. The molecule has 7 heteroatoms. The number of hydrogen-bond donors (Lipinski definition) is 1. The summed E-state index contributed by atoms with van der Waals surface area (Å²) in [4.78, 5) is 11.0. The molecule has 0 atom stereocenters. The fourth-order valence-electron chi connectivity index (χ4n) is 2.76. The van der Waals surface area contributed by atoms with E-state index in [4.69, 9.17) is 0 Å². The minimum Gasteiger partial charge on any atom is -0.356 e. The molecule has 128 valence electrons. The van der Waals surface area contributed by atoms with Gasteiger partial charge in [0, 0.05) is 30.5 Å². The lowest BCUT2D eigenvalue weighted by Gasteiger charge is -2.28. The fourth-order valence-corrected chi connectivity index (χ4v) is 2.76. The molecule has 0 aliphatic carbocycles. The van der Waals surface area contributed by atoms with Crippen LogP contribution in [-0.2, 0) is 6.18 Å². The van der Waals surface area contributed by atoms with Crippen LogP contribution < -0.4 is 10.2 Å². The highest BCUT2D eigenvalue weighted by Gasteiger charge is 2.29. The Morgan fingerprint density at radius 2 is 1.67 bits per heavy atom. The van der Waals surface area contributed by atoms with E-state index in [-0.39, 0.29) is 0 Å². The van der Waals surface area contributed by atoms with Gasteiger partial charge in [0.15, 0.2) is 0 Å². The summed E-state index contributed by atoms with van der Waals surface area (Å²) >= 11 is 0. The van der Waals surface area contributed by atoms with E-state index in [0.717, 1.165) is 49.6 Å². The number of benzene rings is 1. The van der Waals surface area contributed by atoms with Crippen molar-refractivity contribution in [3.8, 4) is 0 Å². The second-order valence-corrected chi connectivity index (χ2v) is 5.94. The Labute approximate surface area is 138 Å². The minimum absolute atomic E-state index is 0.398. The topological polar surface area (TPSA) is 41.1 Å². The second kappa shape index (κ2) is 6.67. The van der Waals surface area contributed by atoms with Crippen LogP contribution in [0.25, 0.3) is 0 Å². The Bertz CT molecular complexity index is 692. The maximum absolute atomic E-state index is 12.6. The van der Waals surface area contributed by atoms with Gasteiger partial charge in [-0.3, -0.25) is 0 Å². The highest BCUT2D eigenvalue weighted by molar-refractivity contribution is 5.56. The molecule has 0 spiro atoms. The van der Waals surface area contributed by atoms with Gasteiger partial charge in [0.05, 0.1) is 5.56 Å². The quantitative estimate of drug-likeness (QED) is 0.893. The third kappa shape index (κ3) is 3.96. The van der Waals surface area contributed by atoms with Gasteiger partial charge in [-0.2, -0.15) is 18.2 Å². The number of aryl methyl sites for hydroxylation is 1. The van der Waals surface area contributed by atoms with E-state index in [1.807, 2.05) is 13.0 Å². The van der Waals surface area contributed by atoms with E-state index in [1.165, 1.54) is 18.6 Å². The third-order valence-corrected chi connectivity index (χ3v) is 3.99. The number of nitrogens with one attached hydrogen (secondary N) is 1. The summed E-state index contributed by atoms with van der Waals surface area (Å²) in [5.41, 5.74) is 0.672. The molecular weight excluding hydrogens is 317 g/mol. The maximum atomic E-state index is 12.6. The minimum atomic E-state index is -4.33. The largest absolute Gasteiger partial charge is 0.416 e. The van der Waals surface area contributed by atoms with E-state index in [9.17, 15) is 13.2 Å². The average Bonchev–Trinajstić information content (AvgIpc) is 2.55. The molecule has 0 amide bonds. The zero-order valence-electron chi connectivity index (χ0n) is 13.4. The van der Waals surface area contributed by atoms with Crippen LogP contribution in [0.3, 0.4) is 0 Å². The fraction of sp³-hybridized carbons (Fsp3) is 0.412. The molecule has 1 aromatic carbocycles. The summed E-state index contributed by atoms with van der Waals surface area (Å²) < 4.78 is 37.8. The van der Waals surface area contributed by atoms with Crippen LogP contribution in [0.15, 0.2) is 30.3 Å². The molecule has 0 radical (unpaired) electrons. The predicted molar refractivity (Wildman–Crippen MR) is 87.6 cm³/mol. The molecule has 1 saturated heterocycles. The Kier molecular flexibility index (Phi) is 4.59. The smallest absolute Gasteiger partial charge is 0.356 e. The van der Waals surface area contributed by atoms with Gasteiger partial charge >= 0.3 is 6.18 Å². The molecule has 1 aliphatic heterocycles. The van der Waals surface area contributed by atoms with E-state index in [0.29, 0.717) is 11.6 Å². The number of rotatable bonds is 3. The molecule has 24 heavy (non-hydrogen) atoms. The Hall–Kier alpha value is -2.31. The van der Waals surface area contributed by atoms with Gasteiger partial charge in [-0.25, -0.2) is 4.98 Å². The van der Waals surface area contributed by atoms with Crippen molar-refractivity contribution in [2.75, 3.05) is 23.3 Å². The first kappa shape index (κ1) is 16.5. The third-order valence-electron chi connectivity index (χ3n) is 3.99. The molecule has 0 saturated carbocycles. The van der Waals surface area contributed by atoms with Crippen LogP contribution in [0.1, 0.15) is 30.5 Å². The van der Waals surface area contributed by atoms with Crippen molar-refractivity contribution in [2.24, 2.45) is 0 Å². The predicted octanol–water partition coefficient (Wildman–Crippen LogP) is 4.54. The SMILES string of the molecule is Cc1cc(N2CCCCC2)nc(Nc2ccc(C(F)(F)F)cc2)n1. The van der Waals surface area contributed by atoms with Crippen molar-refractivity contribution in [3.05, 3.63) is 41.6 Å². The van der Waals surface area contributed by atoms with Crippen LogP contribution >= 0.6 is 0 Å². The van der Waals surface area contributed by atoms with Crippen LogP contribution in [0.2, 0.25) is 0 Å². The summed E-state index contributed by atoms with van der Waals surface area (Å²) in [7, 11) is 0. The van der Waals surface area contributed by atoms with Gasteiger partial charge in [0.25, 0.3) is 0 Å². The van der Waals surface area contributed by atoms with Gasteiger partial charge in [0.2, 0.25) is 5.95 Å². The van der Waals surface area contributed by atoms with Crippen molar-refractivity contribution in [3.63, 3.8) is 0 Å². The standard InChI is InChI=1S/C17H19F3N4/c1-12-11-15(24-9-3-2-4-10-24)23-16(21-12)22-14-7-5-13(6-8-14)17(18,19)20/h5-8,11H,2-4,9-10H2,1H3,(H,21,22,23). The zero-order valence-corrected chi connectivity index (χ0v) is 13.4. The first-order valence-corrected chi connectivity index (χ1v) is 7.97. The molecule has 1 fully saturated rings. The average molecular weight is 336 g/mol. The highest BCUT2D eigenvalue weighted by Crippen LogP contribution is 2.30. The summed E-state index contributed by atoms with van der Waals surface area (Å²) in [5.74, 6) is 1.26. The highest BCUT2D eigenvalue weighted by atomic mass is 19.4. The van der Waals surface area contributed by atoms with Gasteiger partial charge in [0.1, 0.15) is 5.82 Å². The van der Waals surface area contributed by atoms with E-state index in [1.54, 1.807) is 0 Å². The van der Waals surface area contributed by atoms with Crippen LogP contribution in [0.4, 0.5) is 30.6 Å². The number of aromatic nitrogens is 2. The Morgan fingerprint density at radius 3 is 2.29 bits per heavy atom. The van der Waals surface area contributed by atoms with Crippen LogP contribution in [-0.4, -0.2) is 23.1 Å². The normalized spacial score (nSPS) is 15.4. The van der Waals surface area contributed by atoms with Crippen molar-refractivity contribution < 1.29 is 13.2 Å².